The van der Waals surface area contributed by atoms with E-state index in [9.17, 15) is 26.4 Å². The molecule has 2 N–H and O–H groups in total. The Morgan fingerprint density at radius 1 is 0.690 bits per heavy atom. The van der Waals surface area contributed by atoms with E-state index in [1.807, 2.05) is 0 Å². The molecular formula is C25H29N5O10S2. The molecule has 0 saturated carbocycles. The number of benzene rings is 1. The first-order valence-corrected chi connectivity index (χ1v) is 16.1. The van der Waals surface area contributed by atoms with E-state index >= 15 is 0 Å². The summed E-state index contributed by atoms with van der Waals surface area (Å²) in [6, 6.07) is 4.83. The number of carboxylic acid groups (broad SMARTS) is 1. The van der Waals surface area contributed by atoms with Crippen LogP contribution in [-0.2, 0) is 38.7 Å². The van der Waals surface area contributed by atoms with Gasteiger partial charge >= 0.3 is 5.97 Å². The van der Waals surface area contributed by atoms with Gasteiger partial charge in [0.2, 0.25) is 30.0 Å². The lowest BCUT2D eigenvalue weighted by atomic mass is 9.98. The Bertz CT molecular complexity index is 1500. The van der Waals surface area contributed by atoms with Crippen molar-refractivity contribution < 1.29 is 45.7 Å². The van der Waals surface area contributed by atoms with Crippen molar-refractivity contribution in [1.82, 2.24) is 25.3 Å². The first-order chi connectivity index (χ1) is 19.8. The van der Waals surface area contributed by atoms with Crippen LogP contribution in [0.5, 0.6) is 0 Å². The zero-order chi connectivity index (χ0) is 30.8. The highest BCUT2D eigenvalue weighted by molar-refractivity contribution is 7.90. The lowest BCUT2D eigenvalue weighted by Gasteiger charge is -2.11. The molecule has 0 radical (unpaired) electrons. The first kappa shape index (κ1) is 32.6. The van der Waals surface area contributed by atoms with E-state index in [1.165, 1.54) is 24.8 Å². The molecule has 2 aromatic heterocycles. The summed E-state index contributed by atoms with van der Waals surface area (Å²) in [6.07, 6.45) is 7.26. The number of nitrogens with one attached hydrogen (secondary N) is 1. The largest absolute Gasteiger partial charge is 0.480 e. The van der Waals surface area contributed by atoms with Crippen LogP contribution in [-0.4, -0.2) is 112 Å². The summed E-state index contributed by atoms with van der Waals surface area (Å²) in [5.74, 6) is -1.49. The topological polar surface area (TPSA) is 214 Å². The van der Waals surface area contributed by atoms with Crippen molar-refractivity contribution in [3.63, 3.8) is 0 Å². The molecule has 3 rings (SSSR count). The Hall–Kier alpha value is -3.90. The quantitative estimate of drug-likeness (QED) is 0.162. The summed E-state index contributed by atoms with van der Waals surface area (Å²) in [5.41, 5.74) is 2.09. The van der Waals surface area contributed by atoms with Crippen LogP contribution in [0.2, 0.25) is 0 Å². The van der Waals surface area contributed by atoms with Gasteiger partial charge in [0.05, 0.1) is 33.0 Å². The fourth-order valence-electron chi connectivity index (χ4n) is 3.34. The number of aliphatic carboxylic acids is 1. The molecule has 0 unspecified atom stereocenters. The molecule has 17 heteroatoms. The molecule has 0 aliphatic heterocycles. The zero-order valence-corrected chi connectivity index (χ0v) is 24.4. The molecule has 0 atom stereocenters. The Balaban J connectivity index is 1.68. The highest BCUT2D eigenvalue weighted by Crippen LogP contribution is 2.28. The molecule has 0 bridgehead atoms. The molecule has 15 nitrogen and oxygen atoms in total. The van der Waals surface area contributed by atoms with Crippen LogP contribution in [0.3, 0.4) is 0 Å². The highest BCUT2D eigenvalue weighted by Gasteiger charge is 2.16. The van der Waals surface area contributed by atoms with Crippen molar-refractivity contribution in [2.75, 3.05) is 58.7 Å². The van der Waals surface area contributed by atoms with Crippen LogP contribution in [0.15, 0.2) is 53.3 Å². The van der Waals surface area contributed by atoms with E-state index in [-0.39, 0.29) is 55.5 Å². The molecule has 1 amide bonds. The van der Waals surface area contributed by atoms with Gasteiger partial charge in [-0.05, 0) is 29.3 Å². The number of amides is 1. The van der Waals surface area contributed by atoms with Gasteiger partial charge < -0.3 is 24.6 Å². The number of ether oxygens (including phenoxy) is 3. The lowest BCUT2D eigenvalue weighted by molar-refractivity contribution is -0.142. The standard InChI is InChI=1S/C25H29N5O10S2/c1-41(34,35)24-27-12-20(13-28-24)17-9-18(21-14-29-25(30-15-21)42(2,36)37)11-19(10-17)23(33)26-3-4-38-5-6-39-7-8-40-16-22(31)32/h9-15H,3-8,16H2,1-2H3,(H,26,33)(H,31,32). The summed E-state index contributed by atoms with van der Waals surface area (Å²) in [5, 5.41) is 10.5. The third kappa shape index (κ3) is 10.2. The molecule has 0 spiro atoms. The summed E-state index contributed by atoms with van der Waals surface area (Å²) in [4.78, 5) is 39.0. The average molecular weight is 624 g/mol. The van der Waals surface area contributed by atoms with E-state index in [4.69, 9.17) is 19.3 Å². The number of nitrogens with zero attached hydrogens (tertiary/aromatic N) is 4. The van der Waals surface area contributed by atoms with E-state index in [2.05, 4.69) is 25.3 Å². The van der Waals surface area contributed by atoms with E-state index in [1.54, 1.807) is 18.2 Å². The maximum Gasteiger partial charge on any atom is 0.329 e. The Morgan fingerprint density at radius 3 is 1.55 bits per heavy atom. The highest BCUT2D eigenvalue weighted by atomic mass is 32.2. The van der Waals surface area contributed by atoms with E-state index in [0.717, 1.165) is 12.5 Å². The summed E-state index contributed by atoms with van der Waals surface area (Å²) in [6.45, 7) is 0.854. The van der Waals surface area contributed by atoms with Crippen molar-refractivity contribution >= 4 is 31.6 Å². The van der Waals surface area contributed by atoms with Crippen LogP contribution in [0.25, 0.3) is 22.3 Å². The van der Waals surface area contributed by atoms with Crippen LogP contribution < -0.4 is 5.32 Å². The molecule has 3 aromatic rings. The Kier molecular flexibility index (Phi) is 11.5. The lowest BCUT2D eigenvalue weighted by Crippen LogP contribution is -2.27. The maximum absolute atomic E-state index is 13.0. The Labute approximate surface area is 242 Å². The van der Waals surface area contributed by atoms with Gasteiger partial charge in [-0.25, -0.2) is 41.6 Å². The molecule has 0 saturated heterocycles. The smallest absolute Gasteiger partial charge is 0.329 e. The van der Waals surface area contributed by atoms with Crippen molar-refractivity contribution in [2.45, 2.75) is 10.3 Å². The second kappa shape index (κ2) is 14.8. The fraction of sp³-hybridized carbons (Fsp3) is 0.360. The van der Waals surface area contributed by atoms with Crippen LogP contribution in [0.1, 0.15) is 10.4 Å². The minimum Gasteiger partial charge on any atom is -0.480 e. The number of hydrogen-bond acceptors (Lipinski definition) is 13. The number of carboxylic acids is 1. The molecule has 2 heterocycles. The second-order valence-electron chi connectivity index (χ2n) is 8.78. The molecule has 0 fully saturated rings. The van der Waals surface area contributed by atoms with Gasteiger partial charge in [0, 0.05) is 60.5 Å². The fourth-order valence-corrected chi connectivity index (χ4v) is 4.32. The number of carbonyl (C=O) groups excluding carboxylic acids is 1. The SMILES string of the molecule is CS(=O)(=O)c1ncc(-c2cc(C(=O)NCCOCCOCCOCC(=O)O)cc(-c3cnc(S(C)(=O)=O)nc3)c2)cn1. The number of aromatic nitrogens is 4. The predicted octanol–water partition coefficient (Wildman–Crippen LogP) is 0.272. The molecule has 0 aliphatic rings. The van der Waals surface area contributed by atoms with Crippen molar-refractivity contribution in [2.24, 2.45) is 0 Å². The third-order valence-electron chi connectivity index (χ3n) is 5.28. The van der Waals surface area contributed by atoms with Gasteiger partial charge in [0.25, 0.3) is 5.91 Å². The average Bonchev–Trinajstić information content (AvgIpc) is 2.94. The second-order valence-corrected chi connectivity index (χ2v) is 12.6. The van der Waals surface area contributed by atoms with Gasteiger partial charge in [0.15, 0.2) is 0 Å². The number of rotatable bonds is 16. The molecular weight excluding hydrogens is 594 g/mol. The van der Waals surface area contributed by atoms with Crippen LogP contribution >= 0.6 is 0 Å². The van der Waals surface area contributed by atoms with Crippen LogP contribution in [0.4, 0.5) is 0 Å². The maximum atomic E-state index is 13.0. The van der Waals surface area contributed by atoms with Crippen molar-refractivity contribution in [1.29, 1.82) is 0 Å². The number of hydrogen-bond donors (Lipinski definition) is 2. The summed E-state index contributed by atoms with van der Waals surface area (Å²) in [7, 11) is -7.23. The molecule has 1 aromatic carbocycles. The van der Waals surface area contributed by atoms with Crippen LogP contribution in [0, 0.1) is 0 Å². The van der Waals surface area contributed by atoms with Crippen molar-refractivity contribution in [3.8, 4) is 22.3 Å². The minimum absolute atomic E-state index is 0.144. The summed E-state index contributed by atoms with van der Waals surface area (Å²) >= 11 is 0. The van der Waals surface area contributed by atoms with E-state index < -0.39 is 38.2 Å². The Morgan fingerprint density at radius 2 is 1.12 bits per heavy atom. The van der Waals surface area contributed by atoms with Gasteiger partial charge in [0.1, 0.15) is 6.61 Å². The molecule has 0 aliphatic carbocycles. The normalized spacial score (nSPS) is 11.8. The first-order valence-electron chi connectivity index (χ1n) is 12.3. The van der Waals surface area contributed by atoms with Crippen molar-refractivity contribution in [3.05, 3.63) is 48.5 Å². The minimum atomic E-state index is -3.61. The predicted molar refractivity (Wildman–Crippen MR) is 147 cm³/mol. The number of carbonyl (C=O) groups is 2. The van der Waals surface area contributed by atoms with Gasteiger partial charge in [-0.3, -0.25) is 4.79 Å². The third-order valence-corrected chi connectivity index (χ3v) is 7.03. The molecule has 226 valence electrons. The van der Waals surface area contributed by atoms with Gasteiger partial charge in [-0.2, -0.15) is 0 Å². The van der Waals surface area contributed by atoms with Gasteiger partial charge in [-0.15, -0.1) is 0 Å². The monoisotopic (exact) mass is 623 g/mol. The summed E-state index contributed by atoms with van der Waals surface area (Å²) < 4.78 is 62.5. The zero-order valence-electron chi connectivity index (χ0n) is 22.7. The number of sulfone groups is 2. The van der Waals surface area contributed by atoms with Gasteiger partial charge in [-0.1, -0.05) is 0 Å². The van der Waals surface area contributed by atoms with E-state index in [0.29, 0.717) is 22.3 Å². The molecule has 42 heavy (non-hydrogen) atoms.